The third kappa shape index (κ3) is 1.62. The molecule has 0 saturated heterocycles. The molecule has 0 bridgehead atoms. The Morgan fingerprint density at radius 1 is 0.818 bits per heavy atom. The van der Waals surface area contributed by atoms with Gasteiger partial charge in [0.15, 0.2) is 11.5 Å². The van der Waals surface area contributed by atoms with Crippen molar-refractivity contribution in [3.8, 4) is 22.8 Å². The number of ketones is 1. The number of carbonyl (C=O) groups excluding carboxylic acids is 1. The third-order valence-corrected chi connectivity index (χ3v) is 3.81. The van der Waals surface area contributed by atoms with Crippen molar-refractivity contribution in [2.24, 2.45) is 0 Å². The van der Waals surface area contributed by atoms with Crippen LogP contribution in [0.25, 0.3) is 22.3 Å². The zero-order chi connectivity index (χ0) is 15.3. The molecule has 0 saturated carbocycles. The molecule has 1 aromatic heterocycles. The Bertz CT molecular complexity index is 935. The Morgan fingerprint density at radius 3 is 1.95 bits per heavy atom. The molecule has 4 rings (SSSR count). The highest BCUT2D eigenvalue weighted by Gasteiger charge is 2.29. The van der Waals surface area contributed by atoms with E-state index in [-0.39, 0.29) is 5.78 Å². The van der Waals surface area contributed by atoms with Crippen molar-refractivity contribution in [2.45, 2.75) is 0 Å². The van der Waals surface area contributed by atoms with Gasteiger partial charge in [-0.15, -0.1) is 0 Å². The van der Waals surface area contributed by atoms with Crippen molar-refractivity contribution in [1.29, 1.82) is 0 Å². The van der Waals surface area contributed by atoms with Crippen LogP contribution in [0.5, 0.6) is 11.5 Å². The summed E-state index contributed by atoms with van der Waals surface area (Å²) >= 11 is 0. The molecule has 1 aliphatic rings. The lowest BCUT2D eigenvalue weighted by molar-refractivity contribution is 0.103. The first kappa shape index (κ1) is 12.8. The maximum absolute atomic E-state index is 12.5. The minimum absolute atomic E-state index is 0.0882. The lowest BCUT2D eigenvalue weighted by atomic mass is 10.1. The number of aromatic nitrogens is 2. The van der Waals surface area contributed by atoms with E-state index in [9.17, 15) is 4.79 Å². The molecule has 0 aliphatic heterocycles. The summed E-state index contributed by atoms with van der Waals surface area (Å²) in [7, 11) is 3.13. The highest BCUT2D eigenvalue weighted by atomic mass is 16.5. The number of carbonyl (C=O) groups is 1. The Morgan fingerprint density at radius 2 is 1.36 bits per heavy atom. The van der Waals surface area contributed by atoms with E-state index in [0.29, 0.717) is 39.5 Å². The first-order valence-corrected chi connectivity index (χ1v) is 6.81. The zero-order valence-corrected chi connectivity index (χ0v) is 12.1. The van der Waals surface area contributed by atoms with E-state index in [0.717, 1.165) is 5.56 Å². The van der Waals surface area contributed by atoms with Gasteiger partial charge in [0.05, 0.1) is 25.3 Å². The number of hydrogen-bond acceptors (Lipinski definition) is 5. The lowest BCUT2D eigenvalue weighted by Gasteiger charge is -2.09. The number of nitrogens with zero attached hydrogens (tertiary/aromatic N) is 2. The molecule has 1 heterocycles. The summed E-state index contributed by atoms with van der Waals surface area (Å²) in [6.45, 7) is 0. The van der Waals surface area contributed by atoms with Gasteiger partial charge in [0.2, 0.25) is 5.78 Å². The fourth-order valence-corrected chi connectivity index (χ4v) is 2.74. The van der Waals surface area contributed by atoms with Crippen LogP contribution >= 0.6 is 0 Å². The van der Waals surface area contributed by atoms with E-state index in [1.165, 1.54) is 0 Å². The van der Waals surface area contributed by atoms with Crippen LogP contribution in [-0.4, -0.2) is 30.0 Å². The summed E-state index contributed by atoms with van der Waals surface area (Å²) in [5, 5.41) is 0. The first-order valence-electron chi connectivity index (χ1n) is 6.81. The molecule has 0 atom stereocenters. The van der Waals surface area contributed by atoms with Crippen LogP contribution in [0.4, 0.5) is 0 Å². The number of rotatable bonds is 2. The number of methoxy groups -OCH3 is 2. The van der Waals surface area contributed by atoms with Crippen LogP contribution in [0, 0.1) is 0 Å². The molecule has 1 aliphatic carbocycles. The van der Waals surface area contributed by atoms with E-state index >= 15 is 0 Å². The maximum Gasteiger partial charge on any atom is 0.214 e. The molecule has 0 radical (unpaired) electrons. The van der Waals surface area contributed by atoms with Gasteiger partial charge in [0, 0.05) is 23.3 Å². The minimum atomic E-state index is -0.0882. The Balaban J connectivity index is 2.03. The molecule has 5 heteroatoms. The van der Waals surface area contributed by atoms with E-state index in [2.05, 4.69) is 9.97 Å². The highest BCUT2D eigenvalue weighted by molar-refractivity contribution is 6.20. The molecule has 0 unspecified atom stereocenters. The van der Waals surface area contributed by atoms with Crippen LogP contribution in [0.15, 0.2) is 36.4 Å². The molecule has 2 aromatic carbocycles. The van der Waals surface area contributed by atoms with Gasteiger partial charge in [-0.25, -0.2) is 9.97 Å². The summed E-state index contributed by atoms with van der Waals surface area (Å²) in [6.07, 6.45) is 0. The quantitative estimate of drug-likeness (QED) is 0.568. The molecule has 22 heavy (non-hydrogen) atoms. The topological polar surface area (TPSA) is 61.3 Å². The Labute approximate surface area is 126 Å². The lowest BCUT2D eigenvalue weighted by Crippen LogP contribution is -2.00. The van der Waals surface area contributed by atoms with Crippen molar-refractivity contribution < 1.29 is 14.3 Å². The number of hydrogen-bond donors (Lipinski definition) is 0. The molecular weight excluding hydrogens is 280 g/mol. The van der Waals surface area contributed by atoms with Gasteiger partial charge in [0.25, 0.3) is 0 Å². The molecule has 0 amide bonds. The molecule has 108 valence electrons. The summed E-state index contributed by atoms with van der Waals surface area (Å²) in [5.41, 5.74) is 3.76. The van der Waals surface area contributed by atoms with Crippen molar-refractivity contribution in [2.75, 3.05) is 14.2 Å². The average molecular weight is 292 g/mol. The molecule has 3 aromatic rings. The second-order valence-electron chi connectivity index (χ2n) is 4.99. The van der Waals surface area contributed by atoms with Crippen LogP contribution in [-0.2, 0) is 0 Å². The van der Waals surface area contributed by atoms with E-state index in [1.807, 2.05) is 18.2 Å². The van der Waals surface area contributed by atoms with Gasteiger partial charge in [-0.1, -0.05) is 24.3 Å². The smallest absolute Gasteiger partial charge is 0.214 e. The van der Waals surface area contributed by atoms with Crippen molar-refractivity contribution in [1.82, 2.24) is 9.97 Å². The molecule has 0 N–H and O–H groups in total. The van der Waals surface area contributed by atoms with Gasteiger partial charge in [-0.2, -0.15) is 0 Å². The van der Waals surface area contributed by atoms with Crippen molar-refractivity contribution >= 4 is 16.8 Å². The van der Waals surface area contributed by atoms with Crippen LogP contribution in [0.2, 0.25) is 0 Å². The van der Waals surface area contributed by atoms with Gasteiger partial charge < -0.3 is 9.47 Å². The Kier molecular flexibility index (Phi) is 2.63. The van der Waals surface area contributed by atoms with E-state index in [1.54, 1.807) is 32.4 Å². The van der Waals surface area contributed by atoms with Gasteiger partial charge in [-0.05, 0) is 0 Å². The number of fused-ring (bicyclic) bond motifs is 4. The normalized spacial score (nSPS) is 12.2. The molecule has 0 spiro atoms. The fourth-order valence-electron chi connectivity index (χ4n) is 2.74. The van der Waals surface area contributed by atoms with Crippen LogP contribution < -0.4 is 9.47 Å². The standard InChI is InChI=1S/C17H12N2O3/c1-21-13-7-11-12(8-14(13)22-2)19-16-15(18-11)9-5-3-4-6-10(9)17(16)20/h3-8H,1-2H3. The van der Waals surface area contributed by atoms with Crippen LogP contribution in [0.1, 0.15) is 16.1 Å². The van der Waals surface area contributed by atoms with Crippen molar-refractivity contribution in [3.05, 3.63) is 47.7 Å². The predicted molar refractivity (Wildman–Crippen MR) is 81.5 cm³/mol. The zero-order valence-electron chi connectivity index (χ0n) is 12.1. The fraction of sp³-hybridized carbons (Fsp3) is 0.118. The molecular formula is C17H12N2O3. The highest BCUT2D eigenvalue weighted by Crippen LogP contribution is 2.37. The first-order chi connectivity index (χ1) is 10.7. The minimum Gasteiger partial charge on any atom is -0.493 e. The predicted octanol–water partition coefficient (Wildman–Crippen LogP) is 2.86. The van der Waals surface area contributed by atoms with Crippen molar-refractivity contribution in [3.63, 3.8) is 0 Å². The second-order valence-corrected chi connectivity index (χ2v) is 4.99. The summed E-state index contributed by atoms with van der Waals surface area (Å²) in [6, 6.07) is 10.9. The third-order valence-electron chi connectivity index (χ3n) is 3.81. The van der Waals surface area contributed by atoms with Gasteiger partial charge >= 0.3 is 0 Å². The summed E-state index contributed by atoms with van der Waals surface area (Å²) < 4.78 is 10.6. The van der Waals surface area contributed by atoms with E-state index in [4.69, 9.17) is 9.47 Å². The summed E-state index contributed by atoms with van der Waals surface area (Å²) in [4.78, 5) is 21.6. The maximum atomic E-state index is 12.5. The number of ether oxygens (including phenoxy) is 2. The Hall–Kier alpha value is -2.95. The molecule has 0 fully saturated rings. The average Bonchev–Trinajstić information content (AvgIpc) is 2.84. The summed E-state index contributed by atoms with van der Waals surface area (Å²) in [5.74, 6) is 1.06. The van der Waals surface area contributed by atoms with Gasteiger partial charge in [0.1, 0.15) is 11.4 Å². The largest absolute Gasteiger partial charge is 0.493 e. The van der Waals surface area contributed by atoms with Gasteiger partial charge in [-0.3, -0.25) is 4.79 Å². The number of benzene rings is 2. The molecule has 5 nitrogen and oxygen atoms in total. The monoisotopic (exact) mass is 292 g/mol. The second kappa shape index (κ2) is 4.53. The van der Waals surface area contributed by atoms with E-state index < -0.39 is 0 Å². The SMILES string of the molecule is COc1cc2nc3c(nc2cc1OC)-c1ccccc1C3=O. The van der Waals surface area contributed by atoms with Crippen LogP contribution in [0.3, 0.4) is 0 Å².